The highest BCUT2D eigenvalue weighted by molar-refractivity contribution is 6.31. The van der Waals surface area contributed by atoms with Crippen LogP contribution in [0.4, 0.5) is 5.69 Å². The van der Waals surface area contributed by atoms with Crippen molar-refractivity contribution < 1.29 is 39.8 Å². The summed E-state index contributed by atoms with van der Waals surface area (Å²) in [5.41, 5.74) is 2.86. The maximum atomic E-state index is 11.2. The van der Waals surface area contributed by atoms with E-state index in [1.807, 2.05) is 19.1 Å². The van der Waals surface area contributed by atoms with Crippen LogP contribution in [0.3, 0.4) is 0 Å². The quantitative estimate of drug-likeness (QED) is 0.372. The molecule has 0 radical (unpaired) electrons. The first-order valence-electron chi connectivity index (χ1n) is 10.6. The first-order valence-corrected chi connectivity index (χ1v) is 11.0. The van der Waals surface area contributed by atoms with Gasteiger partial charge < -0.3 is 40.3 Å². The van der Waals surface area contributed by atoms with E-state index in [4.69, 9.17) is 26.2 Å². The highest BCUT2D eigenvalue weighted by atomic mass is 35.5. The third kappa shape index (κ3) is 4.52. The van der Waals surface area contributed by atoms with Crippen molar-refractivity contribution in [3.8, 4) is 5.75 Å². The number of carbonyl (C=O) groups is 1. The van der Waals surface area contributed by atoms with E-state index in [2.05, 4.69) is 5.32 Å². The van der Waals surface area contributed by atoms with Crippen LogP contribution in [0.5, 0.6) is 5.75 Å². The van der Waals surface area contributed by atoms with Crippen LogP contribution in [-0.2, 0) is 9.53 Å². The fourth-order valence-electron chi connectivity index (χ4n) is 4.22. The number of nitrogens with one attached hydrogen (secondary N) is 1. The maximum absolute atomic E-state index is 11.2. The van der Waals surface area contributed by atoms with Gasteiger partial charge in [0.25, 0.3) is 0 Å². The topological polar surface area (TPSA) is 149 Å². The summed E-state index contributed by atoms with van der Waals surface area (Å²) in [6.07, 6.45) is -7.22. The van der Waals surface area contributed by atoms with Gasteiger partial charge in [-0.25, -0.2) is 4.79 Å². The average molecular weight is 480 g/mol. The minimum atomic E-state index is -1.47. The first kappa shape index (κ1) is 23.7. The van der Waals surface area contributed by atoms with Gasteiger partial charge in [0.1, 0.15) is 36.3 Å². The molecule has 0 spiro atoms. The molecule has 10 heteroatoms. The van der Waals surface area contributed by atoms with E-state index in [1.54, 1.807) is 24.3 Å². The van der Waals surface area contributed by atoms with Gasteiger partial charge in [-0.05, 0) is 34.9 Å². The van der Waals surface area contributed by atoms with Gasteiger partial charge in [0, 0.05) is 10.9 Å². The van der Waals surface area contributed by atoms with E-state index < -0.39 is 49.2 Å². The zero-order valence-corrected chi connectivity index (χ0v) is 18.5. The number of ether oxygens (including phenoxy) is 2. The van der Waals surface area contributed by atoms with Crippen LogP contribution in [0.25, 0.3) is 0 Å². The summed E-state index contributed by atoms with van der Waals surface area (Å²) >= 11 is 6.48. The van der Waals surface area contributed by atoms with Crippen molar-refractivity contribution in [3.63, 3.8) is 0 Å². The van der Waals surface area contributed by atoms with Gasteiger partial charge in [-0.1, -0.05) is 36.7 Å². The molecule has 178 valence electrons. The Morgan fingerprint density at radius 3 is 2.61 bits per heavy atom. The van der Waals surface area contributed by atoms with Crippen molar-refractivity contribution in [3.05, 3.63) is 58.1 Å². The van der Waals surface area contributed by atoms with Crippen molar-refractivity contribution >= 4 is 23.3 Å². The van der Waals surface area contributed by atoms with Crippen molar-refractivity contribution in [1.82, 2.24) is 0 Å². The Morgan fingerprint density at radius 1 is 1.15 bits per heavy atom. The van der Waals surface area contributed by atoms with Gasteiger partial charge in [-0.15, -0.1) is 0 Å². The number of fused-ring (bicyclic) bond motifs is 1. The number of hydrogen-bond acceptors (Lipinski definition) is 8. The zero-order valence-electron chi connectivity index (χ0n) is 17.8. The van der Waals surface area contributed by atoms with E-state index in [0.717, 1.165) is 11.1 Å². The van der Waals surface area contributed by atoms with Gasteiger partial charge in [0.2, 0.25) is 6.10 Å². The predicted molar refractivity (Wildman–Crippen MR) is 119 cm³/mol. The van der Waals surface area contributed by atoms with Gasteiger partial charge in [0.15, 0.2) is 0 Å². The largest absolute Gasteiger partial charge is 0.478 e. The molecule has 0 amide bonds. The lowest BCUT2D eigenvalue weighted by molar-refractivity contribution is -0.231. The highest BCUT2D eigenvalue weighted by Crippen LogP contribution is 2.39. The summed E-state index contributed by atoms with van der Waals surface area (Å²) in [4.78, 5) is 11.2. The van der Waals surface area contributed by atoms with Crippen LogP contribution < -0.4 is 10.1 Å². The Labute approximate surface area is 195 Å². The minimum Gasteiger partial charge on any atom is -0.478 e. The maximum Gasteiger partial charge on any atom is 0.346 e. The van der Waals surface area contributed by atoms with Crippen LogP contribution in [-0.4, -0.2) is 75.2 Å². The summed E-state index contributed by atoms with van der Waals surface area (Å²) in [5, 5.41) is 52.8. The number of hydrogen-bond donors (Lipinski definition) is 6. The second kappa shape index (κ2) is 9.46. The molecule has 0 saturated carbocycles. The number of rotatable bonds is 5. The molecular formula is C23H26ClNO8. The van der Waals surface area contributed by atoms with E-state index in [9.17, 15) is 25.2 Å². The lowest BCUT2D eigenvalue weighted by Crippen LogP contribution is -2.55. The number of aliphatic hydroxyl groups excluding tert-OH is 4. The number of anilines is 1. The van der Waals surface area contributed by atoms with Gasteiger partial charge >= 0.3 is 5.97 Å². The van der Waals surface area contributed by atoms with Crippen LogP contribution in [0.15, 0.2) is 36.4 Å². The molecule has 6 N–H and O–H groups in total. The molecular weight excluding hydrogens is 454 g/mol. The van der Waals surface area contributed by atoms with E-state index in [0.29, 0.717) is 22.0 Å². The monoisotopic (exact) mass is 479 g/mol. The standard InChI is InChI=1S/C23H26ClNO8/c1-10(11-3-5-16-15(7-11)25-8-17(32-16)23(30)31)13-6-12(2-4-14(13)24)22-21(29)20(28)19(27)18(9-26)33-22/h2-7,10,17-22,25-29H,8-9H2,1H3,(H,30,31)/t10?,17?,18-,19-,20+,21-,22+/m1/s1. The minimum absolute atomic E-state index is 0.146. The lowest BCUT2D eigenvalue weighted by Gasteiger charge is -2.40. The third-order valence-corrected chi connectivity index (χ3v) is 6.58. The summed E-state index contributed by atoms with van der Waals surface area (Å²) < 4.78 is 11.2. The molecule has 9 nitrogen and oxygen atoms in total. The molecule has 2 aromatic rings. The summed E-state index contributed by atoms with van der Waals surface area (Å²) in [6.45, 7) is 1.59. The van der Waals surface area contributed by atoms with Gasteiger partial charge in [-0.2, -0.15) is 0 Å². The molecule has 7 atom stereocenters. The molecule has 0 aromatic heterocycles. The fraction of sp³-hybridized carbons (Fsp3) is 0.435. The SMILES string of the molecule is CC(c1ccc2c(c1)NCC(C(=O)O)O2)c1cc([C@@H]2O[C@H](CO)[C@@H](O)[C@H](O)[C@H]2O)ccc1Cl. The van der Waals surface area contributed by atoms with Crippen LogP contribution in [0, 0.1) is 0 Å². The molecule has 1 saturated heterocycles. The zero-order chi connectivity index (χ0) is 23.9. The van der Waals surface area contributed by atoms with Crippen LogP contribution in [0.1, 0.15) is 35.6 Å². The molecule has 2 aliphatic heterocycles. The van der Waals surface area contributed by atoms with Crippen LogP contribution >= 0.6 is 11.6 Å². The molecule has 2 heterocycles. The summed E-state index contributed by atoms with van der Waals surface area (Å²) in [6, 6.07) is 10.5. The van der Waals surface area contributed by atoms with Crippen molar-refractivity contribution in [2.45, 2.75) is 49.5 Å². The van der Waals surface area contributed by atoms with Crippen molar-refractivity contribution in [2.75, 3.05) is 18.5 Å². The fourth-order valence-corrected chi connectivity index (χ4v) is 4.50. The van der Waals surface area contributed by atoms with Crippen LogP contribution in [0.2, 0.25) is 5.02 Å². The average Bonchev–Trinajstić information content (AvgIpc) is 2.82. The third-order valence-electron chi connectivity index (χ3n) is 6.23. The number of halogens is 1. The van der Waals surface area contributed by atoms with E-state index in [-0.39, 0.29) is 12.5 Å². The number of carboxylic acid groups (broad SMARTS) is 1. The number of carboxylic acids is 1. The van der Waals surface area contributed by atoms with E-state index in [1.165, 1.54) is 0 Å². The molecule has 0 aliphatic carbocycles. The molecule has 2 unspecified atom stereocenters. The van der Waals surface area contributed by atoms with Crippen molar-refractivity contribution in [2.24, 2.45) is 0 Å². The van der Waals surface area contributed by atoms with Gasteiger partial charge in [0.05, 0.1) is 18.8 Å². The van der Waals surface area contributed by atoms with Gasteiger partial charge in [-0.3, -0.25) is 0 Å². The van der Waals surface area contributed by atoms with E-state index >= 15 is 0 Å². The predicted octanol–water partition coefficient (Wildman–Crippen LogP) is 1.26. The summed E-state index contributed by atoms with van der Waals surface area (Å²) in [7, 11) is 0. The molecule has 0 bridgehead atoms. The number of benzene rings is 2. The second-order valence-electron chi connectivity index (χ2n) is 8.33. The lowest BCUT2D eigenvalue weighted by atomic mass is 9.87. The molecule has 4 rings (SSSR count). The highest BCUT2D eigenvalue weighted by Gasteiger charge is 2.44. The molecule has 1 fully saturated rings. The Morgan fingerprint density at radius 2 is 1.91 bits per heavy atom. The Kier molecular flexibility index (Phi) is 6.81. The Bertz CT molecular complexity index is 1030. The number of aliphatic hydroxyl groups is 4. The number of aliphatic carboxylic acids is 1. The molecule has 33 heavy (non-hydrogen) atoms. The van der Waals surface area contributed by atoms with Crippen molar-refractivity contribution in [1.29, 1.82) is 0 Å². The first-order chi connectivity index (χ1) is 15.7. The molecule has 2 aliphatic rings. The summed E-state index contributed by atoms with van der Waals surface area (Å²) in [5.74, 6) is -0.778. The normalized spacial score (nSPS) is 30.0. The second-order valence-corrected chi connectivity index (χ2v) is 8.74. The Hall–Kier alpha value is -2.40. The smallest absolute Gasteiger partial charge is 0.346 e. The molecule has 2 aromatic carbocycles. The Balaban J connectivity index is 1.61.